The minimum atomic E-state index is -3.15. The molecule has 2 atom stereocenters. The van der Waals surface area contributed by atoms with Crippen molar-refractivity contribution in [2.75, 3.05) is 26.4 Å². The van der Waals surface area contributed by atoms with Gasteiger partial charge in [-0.15, -0.1) is 0 Å². The maximum Gasteiger partial charge on any atom is 0.223 e. The van der Waals surface area contributed by atoms with Crippen molar-refractivity contribution in [3.63, 3.8) is 0 Å². The molecule has 0 bridgehead atoms. The first-order chi connectivity index (χ1) is 10.3. The molecule has 1 fully saturated rings. The number of nitrogens with zero attached hydrogens (tertiary/aromatic N) is 1. The third-order valence-electron chi connectivity index (χ3n) is 3.92. The second kappa shape index (κ2) is 6.98. The summed E-state index contributed by atoms with van der Waals surface area (Å²) in [5.41, 5.74) is 1.10. The van der Waals surface area contributed by atoms with E-state index in [1.54, 1.807) is 0 Å². The van der Waals surface area contributed by atoms with E-state index in [-0.39, 0.29) is 17.7 Å². The van der Waals surface area contributed by atoms with Gasteiger partial charge in [-0.1, -0.05) is 23.7 Å². The number of benzene rings is 1. The van der Waals surface area contributed by atoms with Crippen LogP contribution in [-0.4, -0.2) is 45.0 Å². The minimum Gasteiger partial charge on any atom is -0.356 e. The summed E-state index contributed by atoms with van der Waals surface area (Å²) in [5, 5.41) is 3.56. The molecule has 5 nitrogen and oxygen atoms in total. The number of amides is 1. The van der Waals surface area contributed by atoms with Crippen LogP contribution in [0.1, 0.15) is 24.3 Å². The predicted octanol–water partition coefficient (Wildman–Crippen LogP) is 1.84. The van der Waals surface area contributed by atoms with Crippen LogP contribution in [0.2, 0.25) is 5.02 Å². The van der Waals surface area contributed by atoms with Gasteiger partial charge in [0.2, 0.25) is 15.9 Å². The molecular formula is C15H21ClN2O3S. The van der Waals surface area contributed by atoms with Crippen LogP contribution < -0.4 is 5.32 Å². The molecule has 1 saturated carbocycles. The quantitative estimate of drug-likeness (QED) is 0.767. The van der Waals surface area contributed by atoms with E-state index in [1.165, 1.54) is 17.6 Å². The highest BCUT2D eigenvalue weighted by molar-refractivity contribution is 7.88. The van der Waals surface area contributed by atoms with E-state index in [2.05, 4.69) is 5.32 Å². The second-order valence-corrected chi connectivity index (χ2v) is 8.26. The van der Waals surface area contributed by atoms with E-state index >= 15 is 0 Å². The first kappa shape index (κ1) is 17.2. The average molecular weight is 345 g/mol. The molecule has 0 saturated heterocycles. The van der Waals surface area contributed by atoms with Gasteiger partial charge in [-0.05, 0) is 36.5 Å². The molecule has 7 heteroatoms. The van der Waals surface area contributed by atoms with Gasteiger partial charge >= 0.3 is 0 Å². The highest BCUT2D eigenvalue weighted by Crippen LogP contribution is 2.47. The monoisotopic (exact) mass is 344 g/mol. The van der Waals surface area contributed by atoms with Gasteiger partial charge < -0.3 is 5.32 Å². The van der Waals surface area contributed by atoms with Crippen LogP contribution >= 0.6 is 11.6 Å². The highest BCUT2D eigenvalue weighted by atomic mass is 35.5. The van der Waals surface area contributed by atoms with Crippen molar-refractivity contribution < 1.29 is 13.2 Å². The fourth-order valence-electron chi connectivity index (χ4n) is 2.40. The van der Waals surface area contributed by atoms with Crippen LogP contribution in [0.15, 0.2) is 24.3 Å². The summed E-state index contributed by atoms with van der Waals surface area (Å²) in [5.74, 6) is 0.287. The molecule has 0 heterocycles. The van der Waals surface area contributed by atoms with E-state index in [0.29, 0.717) is 24.5 Å². The Hall–Kier alpha value is -1.11. The van der Waals surface area contributed by atoms with Gasteiger partial charge in [0.05, 0.1) is 6.26 Å². The number of hydrogen-bond acceptors (Lipinski definition) is 3. The van der Waals surface area contributed by atoms with Gasteiger partial charge in [-0.3, -0.25) is 4.79 Å². The first-order valence-electron chi connectivity index (χ1n) is 7.23. The summed E-state index contributed by atoms with van der Waals surface area (Å²) in [6, 6.07) is 7.61. The maximum atomic E-state index is 12.0. The Morgan fingerprint density at radius 3 is 2.82 bits per heavy atom. The number of carbonyl (C=O) groups excluding carboxylic acids is 1. The summed E-state index contributed by atoms with van der Waals surface area (Å²) in [6.07, 6.45) is 2.62. The average Bonchev–Trinajstić information content (AvgIpc) is 3.22. The molecule has 1 aliphatic carbocycles. The molecule has 0 aliphatic heterocycles. The summed E-state index contributed by atoms with van der Waals surface area (Å²) >= 11 is 5.96. The number of sulfonamides is 1. The molecule has 0 spiro atoms. The number of rotatable bonds is 7. The van der Waals surface area contributed by atoms with Crippen molar-refractivity contribution in [1.82, 2.24) is 9.62 Å². The lowest BCUT2D eigenvalue weighted by Crippen LogP contribution is -2.31. The van der Waals surface area contributed by atoms with E-state index in [0.717, 1.165) is 12.0 Å². The molecule has 2 rings (SSSR count). The Bertz CT molecular complexity index is 648. The Morgan fingerprint density at radius 1 is 1.45 bits per heavy atom. The van der Waals surface area contributed by atoms with Gasteiger partial charge in [0.1, 0.15) is 0 Å². The third kappa shape index (κ3) is 4.69. The largest absolute Gasteiger partial charge is 0.356 e. The van der Waals surface area contributed by atoms with E-state index in [9.17, 15) is 13.2 Å². The Kier molecular flexibility index (Phi) is 5.47. The zero-order chi connectivity index (χ0) is 16.3. The lowest BCUT2D eigenvalue weighted by molar-refractivity contribution is -0.122. The van der Waals surface area contributed by atoms with Crippen molar-refractivity contribution in [2.24, 2.45) is 5.92 Å². The van der Waals surface area contributed by atoms with Crippen LogP contribution in [0, 0.1) is 5.92 Å². The van der Waals surface area contributed by atoms with Gasteiger partial charge in [0.15, 0.2) is 0 Å². The number of halogens is 1. The lowest BCUT2D eigenvalue weighted by Gasteiger charge is -2.13. The van der Waals surface area contributed by atoms with E-state index in [4.69, 9.17) is 11.6 Å². The molecular weight excluding hydrogens is 324 g/mol. The zero-order valence-electron chi connectivity index (χ0n) is 12.8. The molecule has 0 radical (unpaired) electrons. The molecule has 22 heavy (non-hydrogen) atoms. The van der Waals surface area contributed by atoms with Gasteiger partial charge in [0, 0.05) is 31.1 Å². The van der Waals surface area contributed by atoms with Crippen LogP contribution in [0.25, 0.3) is 0 Å². The smallest absolute Gasteiger partial charge is 0.223 e. The van der Waals surface area contributed by atoms with Crippen LogP contribution in [0.4, 0.5) is 0 Å². The third-order valence-corrected chi connectivity index (χ3v) is 5.47. The molecule has 122 valence electrons. The fraction of sp³-hybridized carbons (Fsp3) is 0.533. The Morgan fingerprint density at radius 2 is 2.18 bits per heavy atom. The molecule has 2 unspecified atom stereocenters. The van der Waals surface area contributed by atoms with Gasteiger partial charge in [-0.2, -0.15) is 0 Å². The standard InChI is InChI=1S/C15H21ClN2O3S/c1-18(22(2,20)21)8-4-7-17-15(19)14-10-13(14)11-5-3-6-12(16)9-11/h3,5-6,9,13-14H,4,7-8,10H2,1-2H3,(H,17,19). The van der Waals surface area contributed by atoms with Gasteiger partial charge in [0.25, 0.3) is 0 Å². The molecule has 0 aromatic heterocycles. The summed E-state index contributed by atoms with van der Waals surface area (Å²) < 4.78 is 23.7. The predicted molar refractivity (Wildman–Crippen MR) is 87.4 cm³/mol. The summed E-state index contributed by atoms with van der Waals surface area (Å²) in [4.78, 5) is 12.0. The molecule has 1 N–H and O–H groups in total. The fourth-order valence-corrected chi connectivity index (χ4v) is 3.06. The number of nitrogens with one attached hydrogen (secondary N) is 1. The first-order valence-corrected chi connectivity index (χ1v) is 9.46. The van der Waals surface area contributed by atoms with Crippen LogP contribution in [0.5, 0.6) is 0 Å². The summed E-state index contributed by atoms with van der Waals surface area (Å²) in [7, 11) is -1.61. The zero-order valence-corrected chi connectivity index (χ0v) is 14.3. The van der Waals surface area contributed by atoms with Gasteiger partial charge in [-0.25, -0.2) is 12.7 Å². The van der Waals surface area contributed by atoms with Crippen molar-refractivity contribution in [1.29, 1.82) is 0 Å². The Labute approximate surface area is 136 Å². The highest BCUT2D eigenvalue weighted by Gasteiger charge is 2.43. The topological polar surface area (TPSA) is 66.5 Å². The number of carbonyl (C=O) groups is 1. The lowest BCUT2D eigenvalue weighted by atomic mass is 10.1. The SMILES string of the molecule is CN(CCCNC(=O)C1CC1c1cccc(Cl)c1)S(C)(=O)=O. The molecule has 1 aromatic carbocycles. The molecule has 1 amide bonds. The van der Waals surface area contributed by atoms with Crippen LogP contribution in [-0.2, 0) is 14.8 Å². The number of hydrogen-bond donors (Lipinski definition) is 1. The minimum absolute atomic E-state index is 0.00565. The normalized spacial score (nSPS) is 20.9. The van der Waals surface area contributed by atoms with E-state index < -0.39 is 10.0 Å². The van der Waals surface area contributed by atoms with Crippen molar-refractivity contribution in [2.45, 2.75) is 18.8 Å². The van der Waals surface area contributed by atoms with E-state index in [1.807, 2.05) is 24.3 Å². The molecule has 1 aromatic rings. The Balaban J connectivity index is 1.72. The maximum absolute atomic E-state index is 12.0. The van der Waals surface area contributed by atoms with Crippen molar-refractivity contribution >= 4 is 27.5 Å². The van der Waals surface area contributed by atoms with Crippen LogP contribution in [0.3, 0.4) is 0 Å². The summed E-state index contributed by atoms with van der Waals surface area (Å²) in [6.45, 7) is 0.888. The second-order valence-electron chi connectivity index (χ2n) is 5.73. The van der Waals surface area contributed by atoms with Crippen molar-refractivity contribution in [3.8, 4) is 0 Å². The van der Waals surface area contributed by atoms with Crippen molar-refractivity contribution in [3.05, 3.63) is 34.9 Å². The molecule has 1 aliphatic rings.